The molecule has 0 fully saturated rings. The number of nitro groups is 1. The number of fused-ring (bicyclic) bond motifs is 1. The van der Waals surface area contributed by atoms with Crippen molar-refractivity contribution in [3.05, 3.63) is 38.9 Å². The van der Waals surface area contributed by atoms with E-state index in [-0.39, 0.29) is 29.2 Å². The van der Waals surface area contributed by atoms with Crippen molar-refractivity contribution >= 4 is 22.7 Å². The van der Waals surface area contributed by atoms with Gasteiger partial charge in [0.15, 0.2) is 5.58 Å². The summed E-state index contributed by atoms with van der Waals surface area (Å²) < 4.78 is 6.29. The summed E-state index contributed by atoms with van der Waals surface area (Å²) in [6.45, 7) is 9.43. The molecule has 1 aromatic carbocycles. The number of carbonyl (C=O) groups is 1. The minimum Gasteiger partial charge on any atom is -0.408 e. The summed E-state index contributed by atoms with van der Waals surface area (Å²) >= 11 is 0. The lowest BCUT2D eigenvalue weighted by molar-refractivity contribution is -0.384. The maximum atomic E-state index is 12.8. The molecule has 0 aliphatic rings. The molecule has 0 bridgehead atoms. The zero-order valence-corrected chi connectivity index (χ0v) is 16.3. The average molecular weight is 377 g/mol. The standard InChI is InChI=1S/C19H27N3O5/c1-13(2)7-9-20(10-8-14(3)4)18(23)12-21-16-11-15(22(25)26)5-6-17(16)27-19(21)24/h5-6,11,13-14H,7-10,12H2,1-4H3. The van der Waals surface area contributed by atoms with Crippen LogP contribution in [0.1, 0.15) is 40.5 Å². The monoisotopic (exact) mass is 377 g/mol. The Morgan fingerprint density at radius 3 is 2.30 bits per heavy atom. The van der Waals surface area contributed by atoms with E-state index in [4.69, 9.17) is 4.42 Å². The molecular formula is C19H27N3O5. The van der Waals surface area contributed by atoms with Crippen molar-refractivity contribution in [3.63, 3.8) is 0 Å². The van der Waals surface area contributed by atoms with Crippen LogP contribution in [0.4, 0.5) is 5.69 Å². The van der Waals surface area contributed by atoms with Crippen molar-refractivity contribution in [2.24, 2.45) is 11.8 Å². The Morgan fingerprint density at radius 1 is 1.19 bits per heavy atom. The van der Waals surface area contributed by atoms with Crippen molar-refractivity contribution in [2.75, 3.05) is 13.1 Å². The molecule has 8 heteroatoms. The highest BCUT2D eigenvalue weighted by Crippen LogP contribution is 2.20. The minimum atomic E-state index is -0.688. The molecule has 1 amide bonds. The summed E-state index contributed by atoms with van der Waals surface area (Å²) in [5.74, 6) is 0.0399. The van der Waals surface area contributed by atoms with Gasteiger partial charge >= 0.3 is 5.76 Å². The van der Waals surface area contributed by atoms with Crippen LogP contribution in [0.25, 0.3) is 11.1 Å². The fourth-order valence-electron chi connectivity index (χ4n) is 2.74. The maximum absolute atomic E-state index is 12.8. The van der Waals surface area contributed by atoms with E-state index in [0.717, 1.165) is 12.8 Å². The second-order valence-corrected chi connectivity index (χ2v) is 7.61. The Hall–Kier alpha value is -2.64. The molecule has 0 saturated heterocycles. The third-order valence-corrected chi connectivity index (χ3v) is 4.46. The summed E-state index contributed by atoms with van der Waals surface area (Å²) in [6.07, 6.45) is 1.74. The van der Waals surface area contributed by atoms with Gasteiger partial charge in [0.25, 0.3) is 5.69 Å². The van der Waals surface area contributed by atoms with Crippen LogP contribution in [0.2, 0.25) is 0 Å². The van der Waals surface area contributed by atoms with Crippen molar-refractivity contribution in [2.45, 2.75) is 47.1 Å². The van der Waals surface area contributed by atoms with Gasteiger partial charge in [0.1, 0.15) is 6.54 Å². The van der Waals surface area contributed by atoms with Gasteiger partial charge in [-0.05, 0) is 30.7 Å². The average Bonchev–Trinajstić information content (AvgIpc) is 2.89. The van der Waals surface area contributed by atoms with Gasteiger partial charge < -0.3 is 9.32 Å². The van der Waals surface area contributed by atoms with E-state index in [9.17, 15) is 19.7 Å². The Bertz CT molecular complexity index is 854. The van der Waals surface area contributed by atoms with E-state index >= 15 is 0 Å². The zero-order valence-electron chi connectivity index (χ0n) is 16.3. The van der Waals surface area contributed by atoms with Gasteiger partial charge in [0.2, 0.25) is 5.91 Å². The lowest BCUT2D eigenvalue weighted by atomic mass is 10.1. The summed E-state index contributed by atoms with van der Waals surface area (Å²) in [7, 11) is 0. The number of carbonyl (C=O) groups excluding carboxylic acids is 1. The predicted octanol–water partition coefficient (Wildman–Crippen LogP) is 3.42. The molecule has 27 heavy (non-hydrogen) atoms. The molecule has 1 aromatic heterocycles. The second-order valence-electron chi connectivity index (χ2n) is 7.61. The first-order valence-electron chi connectivity index (χ1n) is 9.24. The molecule has 0 unspecified atom stereocenters. The number of hydrogen-bond donors (Lipinski definition) is 0. The fraction of sp³-hybridized carbons (Fsp3) is 0.579. The van der Waals surface area contributed by atoms with E-state index in [1.54, 1.807) is 4.90 Å². The molecule has 8 nitrogen and oxygen atoms in total. The number of nitro benzene ring substituents is 1. The predicted molar refractivity (Wildman–Crippen MR) is 103 cm³/mol. The van der Waals surface area contributed by atoms with E-state index in [1.165, 1.54) is 22.8 Å². The Balaban J connectivity index is 2.27. The van der Waals surface area contributed by atoms with Crippen molar-refractivity contribution in [3.8, 4) is 0 Å². The van der Waals surface area contributed by atoms with Crippen molar-refractivity contribution < 1.29 is 14.1 Å². The molecule has 0 atom stereocenters. The molecule has 0 N–H and O–H groups in total. The van der Waals surface area contributed by atoms with Gasteiger partial charge in [-0.3, -0.25) is 19.5 Å². The van der Waals surface area contributed by atoms with Crippen LogP contribution in [0.3, 0.4) is 0 Å². The zero-order chi connectivity index (χ0) is 20.1. The number of amides is 1. The largest absolute Gasteiger partial charge is 0.420 e. The first-order valence-corrected chi connectivity index (χ1v) is 9.24. The molecule has 0 aliphatic carbocycles. The summed E-state index contributed by atoms with van der Waals surface area (Å²) in [6, 6.07) is 3.92. The first-order chi connectivity index (χ1) is 12.7. The lowest BCUT2D eigenvalue weighted by Crippen LogP contribution is -2.38. The smallest absolute Gasteiger partial charge is 0.408 e. The number of rotatable bonds is 9. The van der Waals surface area contributed by atoms with Gasteiger partial charge in [-0.15, -0.1) is 0 Å². The normalized spacial score (nSPS) is 11.5. The van der Waals surface area contributed by atoms with Crippen LogP contribution in [-0.2, 0) is 11.3 Å². The maximum Gasteiger partial charge on any atom is 0.420 e. The summed E-state index contributed by atoms with van der Waals surface area (Å²) in [5.41, 5.74) is 0.338. The molecule has 1 heterocycles. The lowest BCUT2D eigenvalue weighted by Gasteiger charge is -2.24. The van der Waals surface area contributed by atoms with Crippen LogP contribution < -0.4 is 5.76 Å². The third kappa shape index (κ3) is 5.42. The van der Waals surface area contributed by atoms with E-state index < -0.39 is 10.7 Å². The summed E-state index contributed by atoms with van der Waals surface area (Å²) in [5, 5.41) is 11.0. The van der Waals surface area contributed by atoms with Crippen LogP contribution in [-0.4, -0.2) is 33.4 Å². The van der Waals surface area contributed by atoms with Gasteiger partial charge in [-0.2, -0.15) is 0 Å². The molecule has 0 saturated carbocycles. The molecule has 2 rings (SSSR count). The Labute approximate surface area is 157 Å². The van der Waals surface area contributed by atoms with Crippen LogP contribution in [0.5, 0.6) is 0 Å². The van der Waals surface area contributed by atoms with Crippen LogP contribution in [0, 0.1) is 22.0 Å². The molecule has 2 aromatic rings. The summed E-state index contributed by atoms with van der Waals surface area (Å²) in [4.78, 5) is 37.2. The van der Waals surface area contributed by atoms with Crippen molar-refractivity contribution in [1.82, 2.24) is 9.47 Å². The fourth-order valence-corrected chi connectivity index (χ4v) is 2.74. The number of hydrogen-bond acceptors (Lipinski definition) is 5. The minimum absolute atomic E-state index is 0.152. The highest BCUT2D eigenvalue weighted by atomic mass is 16.6. The Kier molecular flexibility index (Phi) is 6.76. The van der Waals surface area contributed by atoms with E-state index in [1.807, 2.05) is 0 Å². The quantitative estimate of drug-likeness (QED) is 0.492. The third-order valence-electron chi connectivity index (χ3n) is 4.46. The molecule has 0 radical (unpaired) electrons. The van der Waals surface area contributed by atoms with Gasteiger partial charge in [0.05, 0.1) is 10.4 Å². The topological polar surface area (TPSA) is 98.6 Å². The van der Waals surface area contributed by atoms with Crippen LogP contribution in [0.15, 0.2) is 27.4 Å². The van der Waals surface area contributed by atoms with Crippen molar-refractivity contribution in [1.29, 1.82) is 0 Å². The number of oxazole rings is 1. The van der Waals surface area contributed by atoms with Gasteiger partial charge in [0, 0.05) is 25.2 Å². The number of benzene rings is 1. The van der Waals surface area contributed by atoms with E-state index in [2.05, 4.69) is 27.7 Å². The number of nitrogens with zero attached hydrogens (tertiary/aromatic N) is 3. The molecule has 0 aliphatic heterocycles. The number of non-ortho nitro benzene ring substituents is 1. The first kappa shape index (κ1) is 20.7. The molecule has 0 spiro atoms. The highest BCUT2D eigenvalue weighted by Gasteiger charge is 2.20. The Morgan fingerprint density at radius 2 is 1.78 bits per heavy atom. The van der Waals surface area contributed by atoms with Gasteiger partial charge in [-0.25, -0.2) is 4.79 Å². The van der Waals surface area contributed by atoms with Crippen LogP contribution >= 0.6 is 0 Å². The second kappa shape index (κ2) is 8.83. The molecular weight excluding hydrogens is 350 g/mol. The van der Waals surface area contributed by atoms with Gasteiger partial charge in [-0.1, -0.05) is 27.7 Å². The highest BCUT2D eigenvalue weighted by molar-refractivity contribution is 5.80. The van der Waals surface area contributed by atoms with E-state index in [0.29, 0.717) is 24.9 Å². The molecule has 148 valence electrons. The number of aromatic nitrogens is 1. The SMILES string of the molecule is CC(C)CCN(CCC(C)C)C(=O)Cn1c(=O)oc2ccc([N+](=O)[O-])cc21.